The molecule has 0 bridgehead atoms. The van der Waals surface area contributed by atoms with Crippen LogP contribution in [0.1, 0.15) is 105 Å². The van der Waals surface area contributed by atoms with Gasteiger partial charge in [-0.2, -0.15) is 0 Å². The van der Waals surface area contributed by atoms with Gasteiger partial charge in [0.1, 0.15) is 17.1 Å². The number of nitrogens with two attached hydrogens (primary N) is 1. The zero-order chi connectivity index (χ0) is 30.6. The summed E-state index contributed by atoms with van der Waals surface area (Å²) in [5, 5.41) is 2.83. The minimum atomic E-state index is -0.667. The van der Waals surface area contributed by atoms with Crippen molar-refractivity contribution in [1.29, 1.82) is 0 Å². The average Bonchev–Trinajstić information content (AvgIpc) is 3.29. The van der Waals surface area contributed by atoms with Gasteiger partial charge in [0.2, 0.25) is 0 Å². The highest BCUT2D eigenvalue weighted by Gasteiger charge is 2.36. The van der Waals surface area contributed by atoms with Crippen molar-refractivity contribution in [2.24, 2.45) is 0 Å². The Morgan fingerprint density at radius 1 is 1.12 bits per heavy atom. The van der Waals surface area contributed by atoms with E-state index in [4.69, 9.17) is 20.3 Å². The first-order valence-corrected chi connectivity index (χ1v) is 14.3. The van der Waals surface area contributed by atoms with Gasteiger partial charge in [0.15, 0.2) is 11.5 Å². The Balaban J connectivity index is 1.66. The van der Waals surface area contributed by atoms with Gasteiger partial charge in [0.25, 0.3) is 5.91 Å². The number of carbonyl (C=O) groups excluding carboxylic acids is 3. The monoisotopic (exact) mass is 576 g/mol. The molecular formula is C31H40N6O5. The number of likely N-dealkylation sites (tertiary alicyclic amines) is 1. The number of ether oxygens (including phenoxy) is 2. The summed E-state index contributed by atoms with van der Waals surface area (Å²) >= 11 is 0. The zero-order valence-electron chi connectivity index (χ0n) is 25.1. The van der Waals surface area contributed by atoms with E-state index in [2.05, 4.69) is 24.1 Å². The Labute approximate surface area is 246 Å². The van der Waals surface area contributed by atoms with E-state index < -0.39 is 23.7 Å². The highest BCUT2D eigenvalue weighted by molar-refractivity contribution is 6.04. The summed E-state index contributed by atoms with van der Waals surface area (Å²) in [5.74, 6) is 6.67. The van der Waals surface area contributed by atoms with Gasteiger partial charge in [-0.05, 0) is 82.7 Å². The molecule has 11 heteroatoms. The van der Waals surface area contributed by atoms with Gasteiger partial charge in [-0.1, -0.05) is 26.0 Å². The van der Waals surface area contributed by atoms with Gasteiger partial charge >= 0.3 is 12.1 Å². The SMILES string of the molecule is CCOC(=O)c1c(-c2ccc(C(=O)Nc3cc(C(C)C)ccn3)cc2)nc([C@@H]2CCCCN2C(=O)OC(C)(C)C)n1N. The lowest BCUT2D eigenvalue weighted by atomic mass is 10.0. The second kappa shape index (κ2) is 12.6. The number of pyridine rings is 1. The number of amides is 2. The summed E-state index contributed by atoms with van der Waals surface area (Å²) in [6.07, 6.45) is 3.50. The molecule has 3 heterocycles. The maximum absolute atomic E-state index is 13.1. The molecule has 1 saturated heterocycles. The summed E-state index contributed by atoms with van der Waals surface area (Å²) in [4.78, 5) is 49.8. The standard InChI is InChI=1S/C31H40N6O5/c1-7-41-29(39)26-25(35-27(37(26)32)23-10-8-9-17-36(23)30(40)42-31(4,5)6)20-11-13-21(14-12-20)28(38)34-24-18-22(19(2)3)15-16-33-24/h11-16,18-19,23H,7-10,17,32H2,1-6H3,(H,33,34,38)/t23-/m0/s1. The number of carbonyl (C=O) groups is 3. The number of piperidine rings is 1. The number of benzene rings is 1. The average molecular weight is 577 g/mol. The first-order valence-electron chi connectivity index (χ1n) is 14.3. The normalized spacial score (nSPS) is 15.4. The van der Waals surface area contributed by atoms with Crippen LogP contribution in [0.15, 0.2) is 42.6 Å². The van der Waals surface area contributed by atoms with Crippen LogP contribution in [-0.2, 0) is 9.47 Å². The third-order valence-electron chi connectivity index (χ3n) is 6.95. The van der Waals surface area contributed by atoms with Crippen molar-refractivity contribution in [3.63, 3.8) is 0 Å². The number of esters is 1. The minimum Gasteiger partial charge on any atom is -0.461 e. The van der Waals surface area contributed by atoms with Crippen LogP contribution in [0.4, 0.5) is 10.6 Å². The van der Waals surface area contributed by atoms with Crippen molar-refractivity contribution in [2.75, 3.05) is 24.3 Å². The van der Waals surface area contributed by atoms with Crippen molar-refractivity contribution in [2.45, 2.75) is 78.4 Å². The van der Waals surface area contributed by atoms with Crippen LogP contribution < -0.4 is 11.2 Å². The molecule has 0 spiro atoms. The molecule has 2 aromatic heterocycles. The molecule has 1 aliphatic rings. The van der Waals surface area contributed by atoms with Gasteiger partial charge in [0, 0.05) is 23.9 Å². The van der Waals surface area contributed by atoms with Crippen LogP contribution in [-0.4, -0.2) is 56.3 Å². The van der Waals surface area contributed by atoms with Crippen molar-refractivity contribution >= 4 is 23.8 Å². The predicted molar refractivity (Wildman–Crippen MR) is 160 cm³/mol. The molecule has 3 N–H and O–H groups in total. The molecule has 1 atom stereocenters. The Morgan fingerprint density at radius 2 is 1.83 bits per heavy atom. The summed E-state index contributed by atoms with van der Waals surface area (Å²) < 4.78 is 12.2. The molecule has 0 aliphatic carbocycles. The third kappa shape index (κ3) is 6.89. The lowest BCUT2D eigenvalue weighted by Crippen LogP contribution is -2.43. The number of rotatable bonds is 7. The van der Waals surface area contributed by atoms with E-state index in [9.17, 15) is 14.4 Å². The second-order valence-electron chi connectivity index (χ2n) is 11.6. The van der Waals surface area contributed by atoms with E-state index in [1.54, 1.807) is 42.3 Å². The largest absolute Gasteiger partial charge is 0.461 e. The maximum atomic E-state index is 13.1. The highest BCUT2D eigenvalue weighted by Crippen LogP contribution is 2.35. The molecule has 2 amide bonds. The van der Waals surface area contributed by atoms with Crippen molar-refractivity contribution < 1.29 is 23.9 Å². The van der Waals surface area contributed by atoms with E-state index in [1.165, 1.54) is 4.68 Å². The minimum absolute atomic E-state index is 0.0634. The maximum Gasteiger partial charge on any atom is 0.410 e. The molecule has 0 unspecified atom stereocenters. The van der Waals surface area contributed by atoms with E-state index in [0.29, 0.717) is 47.3 Å². The Morgan fingerprint density at radius 3 is 2.48 bits per heavy atom. The van der Waals surface area contributed by atoms with Crippen LogP contribution in [0.25, 0.3) is 11.3 Å². The summed E-state index contributed by atoms with van der Waals surface area (Å²) in [7, 11) is 0. The van der Waals surface area contributed by atoms with Crippen LogP contribution in [0.5, 0.6) is 0 Å². The number of anilines is 1. The van der Waals surface area contributed by atoms with Crippen LogP contribution in [0.2, 0.25) is 0 Å². The van der Waals surface area contributed by atoms with Crippen LogP contribution >= 0.6 is 0 Å². The number of nitrogen functional groups attached to an aromatic ring is 1. The predicted octanol–water partition coefficient (Wildman–Crippen LogP) is 5.67. The lowest BCUT2D eigenvalue weighted by molar-refractivity contribution is 0.00820. The fourth-order valence-electron chi connectivity index (χ4n) is 4.86. The lowest BCUT2D eigenvalue weighted by Gasteiger charge is -2.36. The smallest absolute Gasteiger partial charge is 0.410 e. The number of aromatic nitrogens is 3. The van der Waals surface area contributed by atoms with Gasteiger partial charge in [-0.3, -0.25) is 9.69 Å². The van der Waals surface area contributed by atoms with Crippen molar-refractivity contribution in [3.05, 3.63) is 65.2 Å². The van der Waals surface area contributed by atoms with Crippen molar-refractivity contribution in [3.8, 4) is 11.3 Å². The summed E-state index contributed by atoms with van der Waals surface area (Å²) in [6, 6.07) is 9.98. The molecule has 4 rings (SSSR count). The molecule has 11 nitrogen and oxygen atoms in total. The molecule has 42 heavy (non-hydrogen) atoms. The first-order chi connectivity index (χ1) is 19.9. The summed E-state index contributed by atoms with van der Waals surface area (Å²) in [6.45, 7) is 11.9. The van der Waals surface area contributed by atoms with Crippen molar-refractivity contribution in [1.82, 2.24) is 19.5 Å². The molecule has 3 aromatic rings. The van der Waals surface area contributed by atoms with Gasteiger partial charge in [-0.15, -0.1) is 0 Å². The molecular weight excluding hydrogens is 536 g/mol. The molecule has 0 radical (unpaired) electrons. The number of nitrogens with one attached hydrogen (secondary N) is 1. The number of nitrogens with zero attached hydrogens (tertiary/aromatic N) is 4. The Bertz CT molecular complexity index is 1440. The van der Waals surface area contributed by atoms with E-state index >= 15 is 0 Å². The van der Waals surface area contributed by atoms with E-state index in [-0.39, 0.29) is 18.2 Å². The molecule has 1 aromatic carbocycles. The zero-order valence-corrected chi connectivity index (χ0v) is 25.1. The summed E-state index contributed by atoms with van der Waals surface area (Å²) in [5.41, 5.74) is 1.74. The molecule has 224 valence electrons. The fraction of sp³-hybridized carbons (Fsp3) is 0.452. The van der Waals surface area contributed by atoms with Crippen LogP contribution in [0.3, 0.4) is 0 Å². The molecule has 0 saturated carbocycles. The quantitative estimate of drug-likeness (QED) is 0.271. The Hall–Kier alpha value is -4.41. The van der Waals surface area contributed by atoms with E-state index in [1.807, 2.05) is 32.9 Å². The first kappa shape index (κ1) is 30.5. The van der Waals surface area contributed by atoms with Gasteiger partial charge in [0.05, 0.1) is 12.6 Å². The number of hydrogen-bond donors (Lipinski definition) is 2. The number of hydrogen-bond acceptors (Lipinski definition) is 8. The van der Waals surface area contributed by atoms with E-state index in [0.717, 1.165) is 18.4 Å². The van der Waals surface area contributed by atoms with Gasteiger partial charge in [-0.25, -0.2) is 24.2 Å². The van der Waals surface area contributed by atoms with Gasteiger partial charge < -0.3 is 20.6 Å². The fourth-order valence-corrected chi connectivity index (χ4v) is 4.86. The molecule has 1 aliphatic heterocycles. The number of imidazole rings is 1. The Kier molecular flexibility index (Phi) is 9.18. The topological polar surface area (TPSA) is 142 Å². The second-order valence-corrected chi connectivity index (χ2v) is 11.6. The third-order valence-corrected chi connectivity index (χ3v) is 6.95. The van der Waals surface area contributed by atoms with Crippen LogP contribution in [0, 0.1) is 0 Å². The molecule has 1 fully saturated rings. The highest BCUT2D eigenvalue weighted by atomic mass is 16.6.